The Labute approximate surface area is 89.9 Å². The van der Waals surface area contributed by atoms with E-state index in [-0.39, 0.29) is 0 Å². The van der Waals surface area contributed by atoms with Gasteiger partial charge in [0.1, 0.15) is 0 Å². The Hall–Kier alpha value is -1.58. The quantitative estimate of drug-likeness (QED) is 0.720. The van der Waals surface area contributed by atoms with E-state index in [4.69, 9.17) is 4.74 Å². The van der Waals surface area contributed by atoms with Gasteiger partial charge in [-0.25, -0.2) is 9.97 Å². The molecule has 0 bridgehead atoms. The second-order valence-corrected chi connectivity index (χ2v) is 3.00. The first kappa shape index (κ1) is 11.5. The Balaban J connectivity index is 0.000000531. The van der Waals surface area contributed by atoms with Crippen molar-refractivity contribution in [3.8, 4) is 5.88 Å². The maximum atomic E-state index is 5.13. The molecule has 82 valence electrons. The van der Waals surface area contributed by atoms with Gasteiger partial charge < -0.3 is 9.14 Å². The summed E-state index contributed by atoms with van der Waals surface area (Å²) in [6, 6.07) is 0. The van der Waals surface area contributed by atoms with Crippen LogP contribution in [0.4, 0.5) is 0 Å². The van der Waals surface area contributed by atoms with Crippen LogP contribution >= 0.6 is 0 Å². The largest absolute Gasteiger partial charge is 0.478 e. The fourth-order valence-corrected chi connectivity index (χ4v) is 1.35. The third kappa shape index (κ3) is 2.26. The SMILES string of the molecule is CC.COc1nc(C)cn2cc(C)nc12. The number of hydrogen-bond acceptors (Lipinski definition) is 3. The molecule has 4 heteroatoms. The van der Waals surface area contributed by atoms with E-state index in [1.807, 2.05) is 44.5 Å². The number of hydrogen-bond donors (Lipinski definition) is 0. The van der Waals surface area contributed by atoms with Crippen LogP contribution in [0, 0.1) is 13.8 Å². The molecule has 0 aliphatic heterocycles. The molecule has 0 atom stereocenters. The van der Waals surface area contributed by atoms with E-state index in [2.05, 4.69) is 9.97 Å². The van der Waals surface area contributed by atoms with E-state index in [9.17, 15) is 0 Å². The molecule has 0 spiro atoms. The number of aryl methyl sites for hydroxylation is 2. The third-order valence-corrected chi connectivity index (χ3v) is 1.84. The predicted molar refractivity (Wildman–Crippen MR) is 60.4 cm³/mol. The monoisotopic (exact) mass is 207 g/mol. The summed E-state index contributed by atoms with van der Waals surface area (Å²) in [5.74, 6) is 0.577. The second-order valence-electron chi connectivity index (χ2n) is 3.00. The van der Waals surface area contributed by atoms with Gasteiger partial charge in [0.15, 0.2) is 0 Å². The lowest BCUT2D eigenvalue weighted by molar-refractivity contribution is 0.399. The van der Waals surface area contributed by atoms with Gasteiger partial charge in [-0.05, 0) is 13.8 Å². The molecular weight excluding hydrogens is 190 g/mol. The summed E-state index contributed by atoms with van der Waals surface area (Å²) in [4.78, 5) is 8.53. The van der Waals surface area contributed by atoms with Crippen molar-refractivity contribution < 1.29 is 4.74 Å². The fraction of sp³-hybridized carbons (Fsp3) is 0.455. The van der Waals surface area contributed by atoms with Crippen molar-refractivity contribution in [1.29, 1.82) is 0 Å². The lowest BCUT2D eigenvalue weighted by atomic mass is 10.5. The Morgan fingerprint density at radius 1 is 1.07 bits per heavy atom. The van der Waals surface area contributed by atoms with Crippen molar-refractivity contribution in [3.63, 3.8) is 0 Å². The van der Waals surface area contributed by atoms with Gasteiger partial charge in [0.2, 0.25) is 5.65 Å². The van der Waals surface area contributed by atoms with Crippen LogP contribution in [0.5, 0.6) is 5.88 Å². The van der Waals surface area contributed by atoms with Gasteiger partial charge in [-0.3, -0.25) is 0 Å². The minimum atomic E-state index is 0.577. The van der Waals surface area contributed by atoms with E-state index in [0.29, 0.717) is 5.88 Å². The minimum absolute atomic E-state index is 0.577. The molecule has 2 aromatic rings. The molecule has 0 radical (unpaired) electrons. The van der Waals surface area contributed by atoms with Crippen LogP contribution in [0.25, 0.3) is 5.65 Å². The Kier molecular flexibility index (Phi) is 3.66. The maximum Gasteiger partial charge on any atom is 0.258 e. The zero-order valence-corrected chi connectivity index (χ0v) is 9.90. The summed E-state index contributed by atoms with van der Waals surface area (Å²) in [5.41, 5.74) is 2.65. The number of methoxy groups -OCH3 is 1. The summed E-state index contributed by atoms with van der Waals surface area (Å²) >= 11 is 0. The summed E-state index contributed by atoms with van der Waals surface area (Å²) in [5, 5.41) is 0. The molecule has 0 aromatic carbocycles. The first-order valence-corrected chi connectivity index (χ1v) is 5.07. The summed E-state index contributed by atoms with van der Waals surface area (Å²) in [6.07, 6.45) is 3.88. The molecule has 0 saturated carbocycles. The Morgan fingerprint density at radius 2 is 1.60 bits per heavy atom. The number of fused-ring (bicyclic) bond motifs is 1. The van der Waals surface area contributed by atoms with Gasteiger partial charge in [-0.2, -0.15) is 0 Å². The predicted octanol–water partition coefficient (Wildman–Crippen LogP) is 2.38. The van der Waals surface area contributed by atoms with Crippen LogP contribution in [0.15, 0.2) is 12.4 Å². The lowest BCUT2D eigenvalue weighted by Gasteiger charge is -2.01. The van der Waals surface area contributed by atoms with Gasteiger partial charge in [0, 0.05) is 12.4 Å². The molecule has 0 unspecified atom stereocenters. The first-order valence-electron chi connectivity index (χ1n) is 5.07. The maximum absolute atomic E-state index is 5.13. The van der Waals surface area contributed by atoms with Crippen LogP contribution < -0.4 is 4.74 Å². The number of rotatable bonds is 1. The highest BCUT2D eigenvalue weighted by Crippen LogP contribution is 2.16. The van der Waals surface area contributed by atoms with E-state index < -0.39 is 0 Å². The normalized spacial score (nSPS) is 9.67. The molecule has 0 saturated heterocycles. The molecule has 0 fully saturated rings. The number of aromatic nitrogens is 3. The topological polar surface area (TPSA) is 39.4 Å². The molecular formula is C11H17N3O. The van der Waals surface area contributed by atoms with Gasteiger partial charge >= 0.3 is 0 Å². The second kappa shape index (κ2) is 4.77. The summed E-state index contributed by atoms with van der Waals surface area (Å²) in [7, 11) is 1.60. The highest BCUT2D eigenvalue weighted by Gasteiger charge is 2.06. The number of imidazole rings is 1. The molecule has 2 heterocycles. The Morgan fingerprint density at radius 3 is 2.13 bits per heavy atom. The molecule has 0 N–H and O–H groups in total. The van der Waals surface area contributed by atoms with E-state index >= 15 is 0 Å². The van der Waals surface area contributed by atoms with Crippen molar-refractivity contribution in [3.05, 3.63) is 23.8 Å². The average Bonchev–Trinajstić information content (AvgIpc) is 2.60. The molecule has 0 amide bonds. The van der Waals surface area contributed by atoms with Crippen molar-refractivity contribution in [2.45, 2.75) is 27.7 Å². The van der Waals surface area contributed by atoms with Crippen molar-refractivity contribution >= 4 is 5.65 Å². The molecule has 15 heavy (non-hydrogen) atoms. The van der Waals surface area contributed by atoms with E-state index in [1.54, 1.807) is 7.11 Å². The highest BCUT2D eigenvalue weighted by atomic mass is 16.5. The Bertz CT molecular complexity index is 448. The number of ether oxygens (including phenoxy) is 1. The standard InChI is InChI=1S/C9H11N3O.C2H6/c1-6-4-12-5-7(2)11-9(13-3)8(12)10-6;1-2/h4-5H,1-3H3;1-2H3. The van der Waals surface area contributed by atoms with Crippen LogP contribution in [0.2, 0.25) is 0 Å². The molecule has 2 rings (SSSR count). The molecule has 0 aliphatic carbocycles. The zero-order valence-electron chi connectivity index (χ0n) is 9.90. The van der Waals surface area contributed by atoms with Gasteiger partial charge in [-0.15, -0.1) is 0 Å². The molecule has 4 nitrogen and oxygen atoms in total. The average molecular weight is 207 g/mol. The van der Waals surface area contributed by atoms with Crippen molar-refractivity contribution in [1.82, 2.24) is 14.4 Å². The van der Waals surface area contributed by atoms with Crippen LogP contribution in [0.3, 0.4) is 0 Å². The van der Waals surface area contributed by atoms with Gasteiger partial charge in [0.25, 0.3) is 5.88 Å². The minimum Gasteiger partial charge on any atom is -0.478 e. The lowest BCUT2D eigenvalue weighted by Crippen LogP contribution is -1.95. The van der Waals surface area contributed by atoms with Gasteiger partial charge in [0.05, 0.1) is 18.5 Å². The first-order chi connectivity index (χ1) is 7.20. The van der Waals surface area contributed by atoms with E-state index in [1.165, 1.54) is 0 Å². The number of nitrogens with zero attached hydrogens (tertiary/aromatic N) is 3. The highest BCUT2D eigenvalue weighted by molar-refractivity contribution is 5.50. The summed E-state index contributed by atoms with van der Waals surface area (Å²) in [6.45, 7) is 7.87. The summed E-state index contributed by atoms with van der Waals surface area (Å²) < 4.78 is 7.05. The van der Waals surface area contributed by atoms with Crippen molar-refractivity contribution in [2.75, 3.05) is 7.11 Å². The van der Waals surface area contributed by atoms with E-state index in [0.717, 1.165) is 17.0 Å². The van der Waals surface area contributed by atoms with Crippen LogP contribution in [-0.2, 0) is 0 Å². The third-order valence-electron chi connectivity index (χ3n) is 1.84. The molecule has 0 aliphatic rings. The van der Waals surface area contributed by atoms with Crippen LogP contribution in [-0.4, -0.2) is 21.5 Å². The smallest absolute Gasteiger partial charge is 0.258 e. The zero-order chi connectivity index (χ0) is 11.4. The fourth-order valence-electron chi connectivity index (χ4n) is 1.35. The van der Waals surface area contributed by atoms with Crippen molar-refractivity contribution in [2.24, 2.45) is 0 Å². The molecule has 2 aromatic heterocycles. The van der Waals surface area contributed by atoms with Crippen LogP contribution in [0.1, 0.15) is 25.2 Å². The van der Waals surface area contributed by atoms with Gasteiger partial charge in [-0.1, -0.05) is 13.8 Å².